The van der Waals surface area contributed by atoms with Crippen molar-refractivity contribution in [2.24, 2.45) is 11.7 Å². The second-order valence-corrected chi connectivity index (χ2v) is 5.50. The first-order chi connectivity index (χ1) is 8.83. The van der Waals surface area contributed by atoms with E-state index >= 15 is 0 Å². The lowest BCUT2D eigenvalue weighted by Gasteiger charge is -2.31. The molecule has 0 aromatic heterocycles. The molecule has 0 aromatic carbocycles. The predicted octanol–water partition coefficient (Wildman–Crippen LogP) is 1.06. The summed E-state index contributed by atoms with van der Waals surface area (Å²) in [5.74, 6) is -0.827. The van der Waals surface area contributed by atoms with Crippen LogP contribution in [-0.2, 0) is 9.59 Å². The van der Waals surface area contributed by atoms with Gasteiger partial charge in [0.15, 0.2) is 0 Å². The number of carbonyl (C=O) groups excluding carboxylic acids is 2. The lowest BCUT2D eigenvalue weighted by molar-refractivity contribution is -0.147. The third-order valence-electron chi connectivity index (χ3n) is 2.82. The van der Waals surface area contributed by atoms with Gasteiger partial charge in [-0.1, -0.05) is 39.9 Å². The molecule has 0 aromatic rings. The van der Waals surface area contributed by atoms with Gasteiger partial charge in [-0.2, -0.15) is 0 Å². The van der Waals surface area contributed by atoms with E-state index in [-0.39, 0.29) is 17.6 Å². The first-order valence-corrected chi connectivity index (χ1v) is 7.11. The lowest BCUT2D eigenvalue weighted by atomic mass is 10.1. The van der Waals surface area contributed by atoms with Crippen molar-refractivity contribution in [2.75, 3.05) is 13.1 Å². The molecule has 0 radical (unpaired) electrons. The van der Waals surface area contributed by atoms with E-state index in [0.29, 0.717) is 12.5 Å². The fourth-order valence-electron chi connectivity index (χ4n) is 1.89. The van der Waals surface area contributed by atoms with Crippen LogP contribution in [0.25, 0.3) is 0 Å². The van der Waals surface area contributed by atoms with Crippen LogP contribution in [-0.4, -0.2) is 40.8 Å². The number of hydrogen-bond donors (Lipinski definition) is 2. The van der Waals surface area contributed by atoms with E-state index in [1.165, 1.54) is 0 Å². The Morgan fingerprint density at radius 1 is 1.26 bits per heavy atom. The minimum Gasteiger partial charge on any atom is -0.392 e. The fraction of sp³-hybridized carbons (Fsp3) is 0.769. The summed E-state index contributed by atoms with van der Waals surface area (Å²) in [7, 11) is 0. The number of carbonyl (C=O) groups is 2. The summed E-state index contributed by atoms with van der Waals surface area (Å²) in [6.07, 6.45) is 1.66. The first kappa shape index (κ1) is 17.8. The van der Waals surface area contributed by atoms with Crippen LogP contribution in [0.5, 0.6) is 0 Å². The number of nitrogens with zero attached hydrogens (tertiary/aromatic N) is 1. The number of hydrogen-bond acceptors (Lipinski definition) is 3. The molecule has 0 spiro atoms. The Labute approximate surface area is 120 Å². The molecule has 0 saturated carbocycles. The van der Waals surface area contributed by atoms with E-state index in [2.05, 4.69) is 17.5 Å². The van der Waals surface area contributed by atoms with Crippen LogP contribution in [0.2, 0.25) is 0 Å². The minimum atomic E-state index is -0.639. The van der Waals surface area contributed by atoms with Gasteiger partial charge in [0.25, 0.3) is 0 Å². The SMILES string of the molecule is CCC(CC)N(CC(C)C)C(=O)C(=O)NCC(N)=S. The molecule has 5 nitrogen and oxygen atoms in total. The van der Waals surface area contributed by atoms with Crippen LogP contribution in [0.3, 0.4) is 0 Å². The Morgan fingerprint density at radius 2 is 1.79 bits per heavy atom. The molecule has 0 aliphatic carbocycles. The molecule has 19 heavy (non-hydrogen) atoms. The maximum absolute atomic E-state index is 12.2. The van der Waals surface area contributed by atoms with Crippen molar-refractivity contribution in [2.45, 2.75) is 46.6 Å². The zero-order chi connectivity index (χ0) is 15.0. The quantitative estimate of drug-likeness (QED) is 0.542. The second kappa shape index (κ2) is 8.85. The number of nitrogens with two attached hydrogens (primary N) is 1. The summed E-state index contributed by atoms with van der Waals surface area (Å²) in [4.78, 5) is 25.8. The van der Waals surface area contributed by atoms with E-state index in [1.807, 2.05) is 27.7 Å². The van der Waals surface area contributed by atoms with Gasteiger partial charge < -0.3 is 16.0 Å². The third-order valence-corrected chi connectivity index (χ3v) is 2.97. The third kappa shape index (κ3) is 6.52. The van der Waals surface area contributed by atoms with Crippen molar-refractivity contribution < 1.29 is 9.59 Å². The van der Waals surface area contributed by atoms with E-state index < -0.39 is 11.8 Å². The summed E-state index contributed by atoms with van der Waals surface area (Å²) in [5.41, 5.74) is 5.30. The zero-order valence-corrected chi connectivity index (χ0v) is 13.0. The Hall–Kier alpha value is -1.17. The number of nitrogens with one attached hydrogen (secondary N) is 1. The van der Waals surface area contributed by atoms with Crippen LogP contribution in [0.4, 0.5) is 0 Å². The normalized spacial score (nSPS) is 10.6. The van der Waals surface area contributed by atoms with Gasteiger partial charge in [-0.25, -0.2) is 0 Å². The topological polar surface area (TPSA) is 75.4 Å². The number of thiocarbonyl (C=S) groups is 1. The van der Waals surface area contributed by atoms with Gasteiger partial charge in [-0.15, -0.1) is 0 Å². The average Bonchev–Trinajstić information content (AvgIpc) is 2.34. The van der Waals surface area contributed by atoms with Crippen molar-refractivity contribution >= 4 is 29.0 Å². The Balaban J connectivity index is 4.78. The monoisotopic (exact) mass is 287 g/mol. The molecular formula is C13H25N3O2S. The van der Waals surface area contributed by atoms with Gasteiger partial charge in [-0.3, -0.25) is 9.59 Å². The summed E-state index contributed by atoms with van der Waals surface area (Å²) >= 11 is 4.67. The van der Waals surface area contributed by atoms with E-state index in [9.17, 15) is 9.59 Å². The van der Waals surface area contributed by atoms with Gasteiger partial charge in [0.1, 0.15) is 0 Å². The highest BCUT2D eigenvalue weighted by molar-refractivity contribution is 7.80. The van der Waals surface area contributed by atoms with Gasteiger partial charge in [0.2, 0.25) is 0 Å². The Kier molecular flexibility index (Phi) is 8.30. The highest BCUT2D eigenvalue weighted by Gasteiger charge is 2.27. The van der Waals surface area contributed by atoms with Crippen molar-refractivity contribution in [1.29, 1.82) is 0 Å². The van der Waals surface area contributed by atoms with Gasteiger partial charge >= 0.3 is 11.8 Å². The van der Waals surface area contributed by atoms with E-state index in [0.717, 1.165) is 12.8 Å². The van der Waals surface area contributed by atoms with Crippen LogP contribution < -0.4 is 11.1 Å². The average molecular weight is 287 g/mol. The molecule has 0 bridgehead atoms. The van der Waals surface area contributed by atoms with Gasteiger partial charge in [-0.05, 0) is 18.8 Å². The minimum absolute atomic E-state index is 0.0539. The van der Waals surface area contributed by atoms with E-state index in [1.54, 1.807) is 4.90 Å². The maximum Gasteiger partial charge on any atom is 0.312 e. The standard InChI is InChI=1S/C13H25N3O2S/c1-5-10(6-2)16(8-9(3)4)13(18)12(17)15-7-11(14)19/h9-10H,5-8H2,1-4H3,(H2,14,19)(H,15,17). The molecule has 0 unspecified atom stereocenters. The Bertz CT molecular complexity index is 328. The Morgan fingerprint density at radius 3 is 2.16 bits per heavy atom. The zero-order valence-electron chi connectivity index (χ0n) is 12.2. The molecule has 3 N–H and O–H groups in total. The van der Waals surface area contributed by atoms with E-state index in [4.69, 9.17) is 5.73 Å². The molecule has 0 aliphatic heterocycles. The van der Waals surface area contributed by atoms with Crippen LogP contribution >= 0.6 is 12.2 Å². The molecule has 0 atom stereocenters. The highest BCUT2D eigenvalue weighted by Crippen LogP contribution is 2.11. The molecule has 0 fully saturated rings. The summed E-state index contributed by atoms with van der Waals surface area (Å²) in [5, 5.41) is 2.44. The van der Waals surface area contributed by atoms with Crippen LogP contribution in [0.15, 0.2) is 0 Å². The predicted molar refractivity (Wildman–Crippen MR) is 80.7 cm³/mol. The first-order valence-electron chi connectivity index (χ1n) is 6.70. The summed E-state index contributed by atoms with van der Waals surface area (Å²) in [6.45, 7) is 8.71. The second-order valence-electron chi connectivity index (χ2n) is 4.97. The lowest BCUT2D eigenvalue weighted by Crippen LogP contribution is -2.50. The maximum atomic E-state index is 12.2. The largest absolute Gasteiger partial charge is 0.392 e. The number of rotatable bonds is 7. The molecule has 0 aliphatic rings. The van der Waals surface area contributed by atoms with Crippen molar-refractivity contribution in [3.05, 3.63) is 0 Å². The highest BCUT2D eigenvalue weighted by atomic mass is 32.1. The summed E-state index contributed by atoms with van der Waals surface area (Å²) < 4.78 is 0. The molecule has 2 amide bonds. The van der Waals surface area contributed by atoms with Crippen LogP contribution in [0, 0.1) is 5.92 Å². The van der Waals surface area contributed by atoms with Gasteiger partial charge in [0.05, 0.1) is 11.5 Å². The number of amides is 2. The molecular weight excluding hydrogens is 262 g/mol. The molecule has 0 heterocycles. The molecule has 0 saturated heterocycles. The van der Waals surface area contributed by atoms with Crippen molar-refractivity contribution in [3.8, 4) is 0 Å². The molecule has 0 rings (SSSR count). The smallest absolute Gasteiger partial charge is 0.312 e. The van der Waals surface area contributed by atoms with Crippen molar-refractivity contribution in [3.63, 3.8) is 0 Å². The van der Waals surface area contributed by atoms with Gasteiger partial charge in [0, 0.05) is 12.6 Å². The van der Waals surface area contributed by atoms with Crippen molar-refractivity contribution in [1.82, 2.24) is 10.2 Å². The fourth-order valence-corrected chi connectivity index (χ4v) is 1.97. The molecule has 6 heteroatoms. The van der Waals surface area contributed by atoms with Crippen LogP contribution in [0.1, 0.15) is 40.5 Å². The summed E-state index contributed by atoms with van der Waals surface area (Å²) in [6, 6.07) is 0.0884. The molecule has 110 valence electrons.